The summed E-state index contributed by atoms with van der Waals surface area (Å²) in [6.45, 7) is 1.81. The monoisotopic (exact) mass is 461 g/mol. The maximum absolute atomic E-state index is 13.1. The number of fused-ring (bicyclic) bond motifs is 2. The number of likely N-dealkylation sites (tertiary alicyclic amines) is 1. The van der Waals surface area contributed by atoms with Crippen molar-refractivity contribution in [2.75, 3.05) is 20.2 Å². The zero-order chi connectivity index (χ0) is 23.5. The molecule has 1 atom stereocenters. The lowest BCUT2D eigenvalue weighted by Crippen LogP contribution is -2.54. The van der Waals surface area contributed by atoms with Gasteiger partial charge in [0.25, 0.3) is 11.8 Å². The van der Waals surface area contributed by atoms with Gasteiger partial charge in [0.1, 0.15) is 17.2 Å². The van der Waals surface area contributed by atoms with Crippen molar-refractivity contribution in [1.29, 1.82) is 0 Å². The van der Waals surface area contributed by atoms with Gasteiger partial charge in [-0.05, 0) is 29.8 Å². The SMILES string of the molecule is COc1cccc(CNC(=O)[C@H]2Cn3ccnc3C3(CCN(C(=O)c4cccnc4)CC3)O2)c1. The number of rotatable bonds is 5. The molecule has 34 heavy (non-hydrogen) atoms. The second-order valence-corrected chi connectivity index (χ2v) is 8.61. The molecule has 1 N–H and O–H groups in total. The maximum atomic E-state index is 13.1. The van der Waals surface area contributed by atoms with Crippen LogP contribution in [0.5, 0.6) is 5.75 Å². The van der Waals surface area contributed by atoms with Gasteiger partial charge >= 0.3 is 0 Å². The largest absolute Gasteiger partial charge is 0.497 e. The molecular formula is C25H27N5O4. The normalized spacial score (nSPS) is 18.9. The van der Waals surface area contributed by atoms with E-state index in [-0.39, 0.29) is 11.8 Å². The summed E-state index contributed by atoms with van der Waals surface area (Å²) in [4.78, 5) is 36.3. The fourth-order valence-corrected chi connectivity index (χ4v) is 4.70. The molecule has 2 aromatic heterocycles. The second-order valence-electron chi connectivity index (χ2n) is 8.61. The number of amides is 2. The molecule has 5 rings (SSSR count). The Morgan fingerprint density at radius 1 is 1.21 bits per heavy atom. The van der Waals surface area contributed by atoms with Gasteiger partial charge in [-0.2, -0.15) is 0 Å². The Morgan fingerprint density at radius 3 is 2.82 bits per heavy atom. The van der Waals surface area contributed by atoms with Crippen LogP contribution in [0.2, 0.25) is 0 Å². The zero-order valence-corrected chi connectivity index (χ0v) is 19.0. The van der Waals surface area contributed by atoms with Crippen molar-refractivity contribution in [3.63, 3.8) is 0 Å². The standard InChI is InChI=1S/C25H27N5O4/c1-33-20-6-2-4-18(14-20)15-28-22(31)21-17-30-13-10-27-24(30)25(34-21)7-11-29(12-8-25)23(32)19-5-3-9-26-16-19/h2-6,9-10,13-14,16,21H,7-8,11-12,15,17H2,1H3,(H,28,31)/t21-/m1/s1. The Bertz CT molecular complexity index is 1170. The van der Waals surface area contributed by atoms with Gasteiger partial charge in [0.2, 0.25) is 0 Å². The van der Waals surface area contributed by atoms with Gasteiger partial charge in [-0.25, -0.2) is 4.98 Å². The van der Waals surface area contributed by atoms with Crippen molar-refractivity contribution in [2.24, 2.45) is 0 Å². The van der Waals surface area contributed by atoms with Crippen LogP contribution >= 0.6 is 0 Å². The Morgan fingerprint density at radius 2 is 2.06 bits per heavy atom. The molecule has 176 valence electrons. The molecule has 2 aliphatic rings. The fraction of sp³-hybridized carbons (Fsp3) is 0.360. The molecule has 3 aromatic rings. The lowest BCUT2D eigenvalue weighted by molar-refractivity contribution is -0.172. The lowest BCUT2D eigenvalue weighted by Gasteiger charge is -2.45. The summed E-state index contributed by atoms with van der Waals surface area (Å²) in [5.41, 5.74) is 0.814. The van der Waals surface area contributed by atoms with Crippen LogP contribution in [0.3, 0.4) is 0 Å². The van der Waals surface area contributed by atoms with Gasteiger partial charge in [-0.15, -0.1) is 0 Å². The van der Waals surface area contributed by atoms with Crippen LogP contribution in [0.15, 0.2) is 61.2 Å². The average Bonchev–Trinajstić information content (AvgIpc) is 3.38. The predicted molar refractivity (Wildman–Crippen MR) is 123 cm³/mol. The lowest BCUT2D eigenvalue weighted by atomic mass is 9.88. The van der Waals surface area contributed by atoms with Crippen LogP contribution in [0, 0.1) is 0 Å². The van der Waals surface area contributed by atoms with Gasteiger partial charge in [0.15, 0.2) is 6.10 Å². The number of pyridine rings is 1. The van der Waals surface area contributed by atoms with Crippen LogP contribution in [0.1, 0.15) is 34.6 Å². The number of hydrogen-bond donors (Lipinski definition) is 1. The van der Waals surface area contributed by atoms with Crippen molar-refractivity contribution in [3.05, 3.63) is 78.1 Å². The molecule has 2 amide bonds. The Kier molecular flexibility index (Phi) is 6.02. The molecule has 1 fully saturated rings. The molecule has 0 bridgehead atoms. The minimum Gasteiger partial charge on any atom is -0.497 e. The van der Waals surface area contributed by atoms with Gasteiger partial charge < -0.3 is 24.3 Å². The third-order valence-electron chi connectivity index (χ3n) is 6.51. The van der Waals surface area contributed by atoms with Crippen LogP contribution in [0.4, 0.5) is 0 Å². The first-order valence-electron chi connectivity index (χ1n) is 11.4. The molecular weight excluding hydrogens is 434 g/mol. The number of carbonyl (C=O) groups excluding carboxylic acids is 2. The molecule has 1 saturated heterocycles. The van der Waals surface area contributed by atoms with Crippen LogP contribution < -0.4 is 10.1 Å². The van der Waals surface area contributed by atoms with Crippen LogP contribution in [-0.2, 0) is 28.2 Å². The van der Waals surface area contributed by atoms with Crippen LogP contribution in [0.25, 0.3) is 0 Å². The fourth-order valence-electron chi connectivity index (χ4n) is 4.70. The number of hydrogen-bond acceptors (Lipinski definition) is 6. The van der Waals surface area contributed by atoms with E-state index < -0.39 is 11.7 Å². The number of nitrogens with one attached hydrogen (secondary N) is 1. The van der Waals surface area contributed by atoms with E-state index in [1.54, 1.807) is 37.8 Å². The first-order valence-corrected chi connectivity index (χ1v) is 11.4. The van der Waals surface area contributed by atoms with Crippen LogP contribution in [-0.4, -0.2) is 57.6 Å². The van der Waals surface area contributed by atoms with E-state index in [1.807, 2.05) is 39.9 Å². The van der Waals surface area contributed by atoms with Gasteiger partial charge in [0.05, 0.1) is 19.2 Å². The number of benzene rings is 1. The van der Waals surface area contributed by atoms with E-state index >= 15 is 0 Å². The zero-order valence-electron chi connectivity index (χ0n) is 19.0. The molecule has 0 saturated carbocycles. The highest BCUT2D eigenvalue weighted by Crippen LogP contribution is 2.40. The summed E-state index contributed by atoms with van der Waals surface area (Å²) in [5.74, 6) is 1.35. The minimum absolute atomic E-state index is 0.0466. The van der Waals surface area contributed by atoms with Gasteiger partial charge in [-0.1, -0.05) is 12.1 Å². The highest BCUT2D eigenvalue weighted by Gasteiger charge is 2.47. The highest BCUT2D eigenvalue weighted by molar-refractivity contribution is 5.94. The minimum atomic E-state index is -0.703. The van der Waals surface area contributed by atoms with Crippen molar-refractivity contribution in [2.45, 2.75) is 37.6 Å². The number of ether oxygens (including phenoxy) is 2. The Labute approximate surface area is 197 Å². The van der Waals surface area contributed by atoms with E-state index in [0.717, 1.165) is 17.1 Å². The van der Waals surface area contributed by atoms with Gasteiger partial charge in [0, 0.05) is 57.3 Å². The van der Waals surface area contributed by atoms with Crippen molar-refractivity contribution in [3.8, 4) is 5.75 Å². The third-order valence-corrected chi connectivity index (χ3v) is 6.51. The molecule has 9 heteroatoms. The second kappa shape index (κ2) is 9.26. The molecule has 2 aliphatic heterocycles. The number of imidazole rings is 1. The molecule has 0 unspecified atom stereocenters. The summed E-state index contributed by atoms with van der Waals surface area (Å²) in [7, 11) is 1.62. The summed E-state index contributed by atoms with van der Waals surface area (Å²) in [5, 5.41) is 2.99. The molecule has 1 aromatic carbocycles. The van der Waals surface area contributed by atoms with E-state index in [4.69, 9.17) is 9.47 Å². The molecule has 4 heterocycles. The predicted octanol–water partition coefficient (Wildman–Crippen LogP) is 2.13. The van der Waals surface area contributed by atoms with E-state index in [2.05, 4.69) is 15.3 Å². The summed E-state index contributed by atoms with van der Waals surface area (Å²) in [6.07, 6.45) is 7.34. The third kappa shape index (κ3) is 4.26. The maximum Gasteiger partial charge on any atom is 0.255 e. The molecule has 0 radical (unpaired) electrons. The first-order chi connectivity index (χ1) is 16.6. The first kappa shape index (κ1) is 22.1. The number of carbonyl (C=O) groups is 2. The van der Waals surface area contributed by atoms with E-state index in [9.17, 15) is 9.59 Å². The average molecular weight is 462 g/mol. The van der Waals surface area contributed by atoms with E-state index in [0.29, 0.717) is 44.6 Å². The molecule has 1 spiro atoms. The molecule has 9 nitrogen and oxygen atoms in total. The quantitative estimate of drug-likeness (QED) is 0.625. The summed E-state index contributed by atoms with van der Waals surface area (Å²) < 4.78 is 13.7. The Balaban J connectivity index is 1.27. The highest BCUT2D eigenvalue weighted by atomic mass is 16.5. The number of nitrogens with zero attached hydrogens (tertiary/aromatic N) is 4. The number of methoxy groups -OCH3 is 1. The number of piperidine rings is 1. The van der Waals surface area contributed by atoms with Gasteiger partial charge in [-0.3, -0.25) is 14.6 Å². The topological polar surface area (TPSA) is 98.6 Å². The molecule has 0 aliphatic carbocycles. The summed E-state index contributed by atoms with van der Waals surface area (Å²) in [6, 6.07) is 11.1. The number of aromatic nitrogens is 3. The smallest absolute Gasteiger partial charge is 0.255 e. The van der Waals surface area contributed by atoms with Crippen molar-refractivity contribution >= 4 is 11.8 Å². The van der Waals surface area contributed by atoms with Crippen molar-refractivity contribution in [1.82, 2.24) is 24.8 Å². The Hall–Kier alpha value is -3.72. The summed E-state index contributed by atoms with van der Waals surface area (Å²) >= 11 is 0. The van der Waals surface area contributed by atoms with Crippen molar-refractivity contribution < 1.29 is 19.1 Å². The van der Waals surface area contributed by atoms with E-state index in [1.165, 1.54) is 0 Å².